The highest BCUT2D eigenvalue weighted by Crippen LogP contribution is 2.20. The minimum atomic E-state index is -3.38. The zero-order valence-electron chi connectivity index (χ0n) is 15.4. The molecule has 2 aromatic carbocycles. The van der Waals surface area contributed by atoms with Crippen molar-refractivity contribution in [2.45, 2.75) is 37.0 Å². The van der Waals surface area contributed by atoms with E-state index in [0.29, 0.717) is 37.4 Å². The molecule has 1 heterocycles. The van der Waals surface area contributed by atoms with Gasteiger partial charge in [-0.15, -0.1) is 0 Å². The van der Waals surface area contributed by atoms with Crippen LogP contribution in [-0.2, 0) is 27.7 Å². The number of hydrogen-bond donors (Lipinski definition) is 1. The number of piperidine rings is 1. The molecule has 0 bridgehead atoms. The number of nitrogens with zero attached hydrogens (tertiary/aromatic N) is 1. The molecule has 0 aliphatic carbocycles. The van der Waals surface area contributed by atoms with Crippen molar-refractivity contribution in [1.82, 2.24) is 9.62 Å². The monoisotopic (exact) mass is 386 g/mol. The van der Waals surface area contributed by atoms with Crippen molar-refractivity contribution in [3.63, 3.8) is 0 Å². The van der Waals surface area contributed by atoms with Gasteiger partial charge in [0.05, 0.1) is 11.3 Å². The Morgan fingerprint density at radius 3 is 2.22 bits per heavy atom. The zero-order valence-corrected chi connectivity index (χ0v) is 16.2. The predicted octanol–water partition coefficient (Wildman–Crippen LogP) is 2.76. The molecule has 1 aliphatic rings. The van der Waals surface area contributed by atoms with Crippen LogP contribution >= 0.6 is 0 Å². The van der Waals surface area contributed by atoms with Crippen LogP contribution in [0.5, 0.6) is 0 Å². The zero-order chi connectivity index (χ0) is 19.1. The molecule has 1 fully saturated rings. The number of nitrogens with one attached hydrogen (secondary N) is 1. The summed E-state index contributed by atoms with van der Waals surface area (Å²) in [6.45, 7) is 1.75. The average molecular weight is 387 g/mol. The SMILES string of the molecule is O=C(Cc1ccccc1)NCCc1ccc(S(=O)(=O)N2CCCCC2)cc1. The van der Waals surface area contributed by atoms with Crippen LogP contribution in [0.3, 0.4) is 0 Å². The van der Waals surface area contributed by atoms with Crippen LogP contribution in [0.4, 0.5) is 0 Å². The molecule has 5 nitrogen and oxygen atoms in total. The highest BCUT2D eigenvalue weighted by atomic mass is 32.2. The lowest BCUT2D eigenvalue weighted by Crippen LogP contribution is -2.35. The largest absolute Gasteiger partial charge is 0.355 e. The summed E-state index contributed by atoms with van der Waals surface area (Å²) < 4.78 is 26.9. The lowest BCUT2D eigenvalue weighted by molar-refractivity contribution is -0.120. The van der Waals surface area contributed by atoms with Gasteiger partial charge in [0.2, 0.25) is 15.9 Å². The van der Waals surface area contributed by atoms with Gasteiger partial charge in [-0.3, -0.25) is 4.79 Å². The number of benzene rings is 2. The molecule has 6 heteroatoms. The topological polar surface area (TPSA) is 66.5 Å². The lowest BCUT2D eigenvalue weighted by Gasteiger charge is -2.25. The van der Waals surface area contributed by atoms with Gasteiger partial charge in [-0.1, -0.05) is 48.9 Å². The Labute approximate surface area is 161 Å². The second-order valence-corrected chi connectivity index (χ2v) is 8.81. The Balaban J connectivity index is 1.49. The van der Waals surface area contributed by atoms with Gasteiger partial charge < -0.3 is 5.32 Å². The first-order chi connectivity index (χ1) is 13.1. The summed E-state index contributed by atoms with van der Waals surface area (Å²) in [6, 6.07) is 16.6. The number of rotatable bonds is 7. The van der Waals surface area contributed by atoms with E-state index in [1.54, 1.807) is 16.4 Å². The minimum absolute atomic E-state index is 0.00880. The first kappa shape index (κ1) is 19.6. The third-order valence-corrected chi connectivity index (χ3v) is 6.73. The molecule has 2 aromatic rings. The standard InChI is InChI=1S/C21H26N2O3S/c24-21(17-19-7-3-1-4-8-19)22-14-13-18-9-11-20(12-10-18)27(25,26)23-15-5-2-6-16-23/h1,3-4,7-12H,2,5-6,13-17H2,(H,22,24). The van der Waals surface area contributed by atoms with E-state index in [0.717, 1.165) is 30.4 Å². The van der Waals surface area contributed by atoms with Crippen LogP contribution in [0, 0.1) is 0 Å². The second kappa shape index (κ2) is 9.15. The Morgan fingerprint density at radius 1 is 0.889 bits per heavy atom. The summed E-state index contributed by atoms with van der Waals surface area (Å²) in [7, 11) is -3.38. The maximum Gasteiger partial charge on any atom is 0.243 e. The van der Waals surface area contributed by atoms with E-state index in [2.05, 4.69) is 5.32 Å². The molecule has 27 heavy (non-hydrogen) atoms. The molecule has 0 saturated carbocycles. The fourth-order valence-corrected chi connectivity index (χ4v) is 4.79. The van der Waals surface area contributed by atoms with Crippen LogP contribution in [0.1, 0.15) is 30.4 Å². The third-order valence-electron chi connectivity index (χ3n) is 4.82. The van der Waals surface area contributed by atoms with Crippen LogP contribution in [0.15, 0.2) is 59.5 Å². The quantitative estimate of drug-likeness (QED) is 0.796. The van der Waals surface area contributed by atoms with E-state index in [-0.39, 0.29) is 5.91 Å². The van der Waals surface area contributed by atoms with Crippen LogP contribution in [-0.4, -0.2) is 38.3 Å². The predicted molar refractivity (Wildman–Crippen MR) is 106 cm³/mol. The number of amides is 1. The van der Waals surface area contributed by atoms with Gasteiger partial charge in [-0.25, -0.2) is 8.42 Å². The maximum absolute atomic E-state index is 12.6. The summed E-state index contributed by atoms with van der Waals surface area (Å²) in [5.41, 5.74) is 2.00. The Bertz CT molecular complexity index is 843. The van der Waals surface area contributed by atoms with Crippen molar-refractivity contribution in [1.29, 1.82) is 0 Å². The van der Waals surface area contributed by atoms with E-state index in [1.165, 1.54) is 0 Å². The van der Waals surface area contributed by atoms with Crippen molar-refractivity contribution in [2.24, 2.45) is 0 Å². The molecule has 0 aromatic heterocycles. The summed E-state index contributed by atoms with van der Waals surface area (Å²) in [6.07, 6.45) is 4.00. The summed E-state index contributed by atoms with van der Waals surface area (Å²) in [4.78, 5) is 12.3. The van der Waals surface area contributed by atoms with Gasteiger partial charge >= 0.3 is 0 Å². The van der Waals surface area contributed by atoms with E-state index < -0.39 is 10.0 Å². The fourth-order valence-electron chi connectivity index (χ4n) is 3.27. The maximum atomic E-state index is 12.6. The normalized spacial score (nSPS) is 15.4. The van der Waals surface area contributed by atoms with E-state index in [1.807, 2.05) is 42.5 Å². The first-order valence-corrected chi connectivity index (χ1v) is 10.9. The molecule has 0 spiro atoms. The molecule has 0 radical (unpaired) electrons. The average Bonchev–Trinajstić information content (AvgIpc) is 2.70. The van der Waals surface area contributed by atoms with Crippen LogP contribution in [0.2, 0.25) is 0 Å². The molecule has 1 saturated heterocycles. The molecule has 0 unspecified atom stereocenters. The number of sulfonamides is 1. The molecule has 1 N–H and O–H groups in total. The molecule has 1 amide bonds. The van der Waals surface area contributed by atoms with E-state index >= 15 is 0 Å². The van der Waals surface area contributed by atoms with Crippen molar-refractivity contribution in [2.75, 3.05) is 19.6 Å². The van der Waals surface area contributed by atoms with Gasteiger partial charge in [0, 0.05) is 19.6 Å². The molecule has 144 valence electrons. The minimum Gasteiger partial charge on any atom is -0.355 e. The third kappa shape index (κ3) is 5.40. The summed E-state index contributed by atoms with van der Waals surface area (Å²) >= 11 is 0. The van der Waals surface area contributed by atoms with Crippen molar-refractivity contribution in [3.05, 3.63) is 65.7 Å². The Morgan fingerprint density at radius 2 is 1.56 bits per heavy atom. The summed E-state index contributed by atoms with van der Waals surface area (Å²) in [5.74, 6) is -0.00880. The van der Waals surface area contributed by atoms with Crippen molar-refractivity contribution >= 4 is 15.9 Å². The van der Waals surface area contributed by atoms with Gasteiger partial charge in [0.25, 0.3) is 0 Å². The number of hydrogen-bond acceptors (Lipinski definition) is 3. The lowest BCUT2D eigenvalue weighted by atomic mass is 10.1. The molecular weight excluding hydrogens is 360 g/mol. The van der Waals surface area contributed by atoms with Crippen molar-refractivity contribution < 1.29 is 13.2 Å². The fraction of sp³-hybridized carbons (Fsp3) is 0.381. The molecule has 3 rings (SSSR count). The van der Waals surface area contributed by atoms with Gasteiger partial charge in [0.1, 0.15) is 0 Å². The van der Waals surface area contributed by atoms with E-state index in [9.17, 15) is 13.2 Å². The highest BCUT2D eigenvalue weighted by Gasteiger charge is 2.25. The van der Waals surface area contributed by atoms with Crippen LogP contribution in [0.25, 0.3) is 0 Å². The first-order valence-electron chi connectivity index (χ1n) is 9.45. The van der Waals surface area contributed by atoms with Crippen molar-refractivity contribution in [3.8, 4) is 0 Å². The molecule has 1 aliphatic heterocycles. The molecule has 0 atom stereocenters. The van der Waals surface area contributed by atoms with Crippen LogP contribution < -0.4 is 5.32 Å². The Hall–Kier alpha value is -2.18. The molecular formula is C21H26N2O3S. The number of carbonyl (C=O) groups excluding carboxylic acids is 1. The highest BCUT2D eigenvalue weighted by molar-refractivity contribution is 7.89. The Kier molecular flexibility index (Phi) is 6.63. The summed E-state index contributed by atoms with van der Waals surface area (Å²) in [5, 5.41) is 2.91. The van der Waals surface area contributed by atoms with E-state index in [4.69, 9.17) is 0 Å². The van der Waals surface area contributed by atoms with Gasteiger partial charge in [0.15, 0.2) is 0 Å². The smallest absolute Gasteiger partial charge is 0.243 e. The van der Waals surface area contributed by atoms with Gasteiger partial charge in [-0.05, 0) is 42.5 Å². The second-order valence-electron chi connectivity index (χ2n) is 6.87. The van der Waals surface area contributed by atoms with Gasteiger partial charge in [-0.2, -0.15) is 4.31 Å². The number of carbonyl (C=O) groups is 1.